The van der Waals surface area contributed by atoms with E-state index in [1.165, 1.54) is 11.3 Å². The van der Waals surface area contributed by atoms with Crippen LogP contribution in [0.15, 0.2) is 81.8 Å². The van der Waals surface area contributed by atoms with E-state index in [0.29, 0.717) is 33.1 Å². The second-order valence-corrected chi connectivity index (χ2v) is 13.1. The lowest BCUT2D eigenvalue weighted by atomic mass is 10.0. The summed E-state index contributed by atoms with van der Waals surface area (Å²) in [7, 11) is 3.80. The van der Waals surface area contributed by atoms with Gasteiger partial charge in [-0.05, 0) is 17.2 Å². The van der Waals surface area contributed by atoms with Crippen molar-refractivity contribution < 1.29 is 9.59 Å². The molecule has 224 valence electrons. The van der Waals surface area contributed by atoms with Gasteiger partial charge >= 0.3 is 0 Å². The average molecular weight is 657 g/mol. The molecule has 2 aliphatic rings. The van der Waals surface area contributed by atoms with Gasteiger partial charge in [-0.25, -0.2) is 9.98 Å². The summed E-state index contributed by atoms with van der Waals surface area (Å²) in [4.78, 5) is 36.3. The van der Waals surface area contributed by atoms with Gasteiger partial charge in [0.25, 0.3) is 0 Å². The summed E-state index contributed by atoms with van der Waals surface area (Å²) in [5.74, 6) is -0.172. The third-order valence-corrected chi connectivity index (χ3v) is 10.9. The smallest absolute Gasteiger partial charge is 0.212 e. The summed E-state index contributed by atoms with van der Waals surface area (Å²) in [5, 5.41) is 39.2. The van der Waals surface area contributed by atoms with Gasteiger partial charge in [-0.3, -0.25) is 9.59 Å². The normalized spacial score (nSPS) is 15.3. The zero-order valence-electron chi connectivity index (χ0n) is 25.0. The van der Waals surface area contributed by atoms with Gasteiger partial charge in [-0.1, -0.05) is 48.5 Å². The van der Waals surface area contributed by atoms with Gasteiger partial charge < -0.3 is 9.13 Å². The highest BCUT2D eigenvalue weighted by atomic mass is 32.1. The zero-order valence-corrected chi connectivity index (χ0v) is 26.6. The van der Waals surface area contributed by atoms with Crippen molar-refractivity contribution in [1.82, 2.24) is 9.13 Å². The lowest BCUT2D eigenvalue weighted by Gasteiger charge is -2.04. The van der Waals surface area contributed by atoms with Crippen molar-refractivity contribution in [2.24, 2.45) is 24.1 Å². The van der Waals surface area contributed by atoms with Crippen LogP contribution in [0.3, 0.4) is 0 Å². The number of thiophene rings is 2. The largest absolute Gasteiger partial charge is 0.340 e. The van der Waals surface area contributed by atoms with Crippen LogP contribution in [0.4, 0.5) is 10.8 Å². The van der Waals surface area contributed by atoms with E-state index in [1.807, 2.05) is 59.6 Å². The summed E-state index contributed by atoms with van der Waals surface area (Å²) in [6.45, 7) is 0. The molecule has 0 atom stereocenters. The molecule has 0 unspecified atom stereocenters. The number of carbonyl (C=O) groups excluding carboxylic acids is 2. The molecule has 10 nitrogen and oxygen atoms in total. The Balaban J connectivity index is 1.26. The number of aromatic nitrogens is 2. The molecule has 0 saturated heterocycles. The Hall–Kier alpha value is -6.70. The number of allylic oxidation sites excluding steroid dienone is 4. The van der Waals surface area contributed by atoms with Gasteiger partial charge in [-0.15, -0.1) is 22.7 Å². The Kier molecular flexibility index (Phi) is 6.24. The molecular weight excluding hydrogens is 641 g/mol. The van der Waals surface area contributed by atoms with Crippen LogP contribution in [0.5, 0.6) is 0 Å². The molecule has 4 aromatic heterocycles. The summed E-state index contributed by atoms with van der Waals surface area (Å²) in [6.07, 6.45) is 0. The lowest BCUT2D eigenvalue weighted by molar-refractivity contribution is 0.106. The Morgan fingerprint density at radius 3 is 1.71 bits per heavy atom. The summed E-state index contributed by atoms with van der Waals surface area (Å²) in [6, 6.07) is 25.2. The van der Waals surface area contributed by atoms with Crippen LogP contribution in [0.25, 0.3) is 41.8 Å². The summed E-state index contributed by atoms with van der Waals surface area (Å²) < 4.78 is 6.85. The van der Waals surface area contributed by atoms with Gasteiger partial charge in [-0.2, -0.15) is 21.0 Å². The summed E-state index contributed by atoms with van der Waals surface area (Å²) in [5.41, 5.74) is 4.88. The van der Waals surface area contributed by atoms with E-state index < -0.39 is 0 Å². The van der Waals surface area contributed by atoms with E-state index in [2.05, 4.69) is 0 Å². The number of nitrogens with zero attached hydrogens (tertiary/aromatic N) is 8. The molecule has 0 fully saturated rings. The first-order chi connectivity index (χ1) is 23.3. The van der Waals surface area contributed by atoms with Crippen molar-refractivity contribution in [3.05, 3.63) is 94.1 Å². The first-order valence-corrected chi connectivity index (χ1v) is 16.0. The Labute approximate surface area is 279 Å². The number of aryl methyl sites for hydroxylation is 2. The van der Waals surface area contributed by atoms with E-state index in [-0.39, 0.29) is 45.3 Å². The number of Topliss-reactive ketones (excluding diaryl/α,β-unsaturated/α-hetero) is 2. The predicted molar refractivity (Wildman–Crippen MR) is 185 cm³/mol. The van der Waals surface area contributed by atoms with Gasteiger partial charge in [0.1, 0.15) is 57.7 Å². The minimum Gasteiger partial charge on any atom is -0.340 e. The highest BCUT2D eigenvalue weighted by Crippen LogP contribution is 2.48. The molecule has 8 rings (SSSR count). The highest BCUT2D eigenvalue weighted by Gasteiger charge is 2.36. The molecule has 6 aromatic rings. The summed E-state index contributed by atoms with van der Waals surface area (Å²) >= 11 is 2.97. The molecule has 0 saturated carbocycles. The second kappa shape index (κ2) is 10.4. The van der Waals surface area contributed by atoms with Crippen LogP contribution in [0.2, 0.25) is 0 Å². The maximum atomic E-state index is 13.4. The van der Waals surface area contributed by atoms with Crippen LogP contribution in [-0.4, -0.2) is 32.1 Å². The Morgan fingerprint density at radius 1 is 0.646 bits per heavy atom. The number of nitriles is 4. The molecule has 12 heteroatoms. The fourth-order valence-electron chi connectivity index (χ4n) is 6.46. The van der Waals surface area contributed by atoms with E-state index >= 15 is 0 Å². The minimum absolute atomic E-state index is 0.0587. The van der Waals surface area contributed by atoms with Gasteiger partial charge in [0, 0.05) is 42.4 Å². The van der Waals surface area contributed by atoms with Crippen LogP contribution in [-0.2, 0) is 14.1 Å². The molecule has 0 spiro atoms. The quantitative estimate of drug-likeness (QED) is 0.175. The topological polar surface area (TPSA) is 164 Å². The average Bonchev–Trinajstić information content (AvgIpc) is 3.91. The van der Waals surface area contributed by atoms with Gasteiger partial charge in [0.2, 0.25) is 11.6 Å². The third-order valence-electron chi connectivity index (χ3n) is 8.61. The number of hydrogen-bond donors (Lipinski definition) is 0. The molecule has 2 aliphatic carbocycles. The van der Waals surface area contributed by atoms with Gasteiger partial charge in [0.15, 0.2) is 0 Å². The Morgan fingerprint density at radius 2 is 1.17 bits per heavy atom. The molecule has 0 radical (unpaired) electrons. The van der Waals surface area contributed by atoms with Crippen LogP contribution < -0.4 is 0 Å². The zero-order chi connectivity index (χ0) is 33.4. The highest BCUT2D eigenvalue weighted by molar-refractivity contribution is 7.32. The van der Waals surface area contributed by atoms with Crippen LogP contribution in [0.1, 0.15) is 31.8 Å². The number of hydrogen-bond acceptors (Lipinski definition) is 10. The number of ketones is 2. The maximum absolute atomic E-state index is 13.4. The number of rotatable bonds is 2. The standard InChI is InChI=1S/C36H16N8O2S2/c1-43-23-11-26(42-30-28(18(15-39)16-40)20-8-4-6-10-22(20)34(30)46)48-35(23)36-32(43)31-24(47-36)12-25(44(31)2)41-29-27(17(13-37)14-38)19-7-3-5-9-21(19)33(29)45/h3-12H,1-2H3. The molecule has 0 amide bonds. The third kappa shape index (κ3) is 3.79. The number of benzene rings is 2. The molecular formula is C36H16N8O2S2. The van der Waals surface area contributed by atoms with E-state index in [9.17, 15) is 30.6 Å². The van der Waals surface area contributed by atoms with E-state index in [0.717, 1.165) is 30.6 Å². The van der Waals surface area contributed by atoms with Crippen molar-refractivity contribution in [2.75, 3.05) is 0 Å². The van der Waals surface area contributed by atoms with Crippen molar-refractivity contribution in [3.63, 3.8) is 0 Å². The fraction of sp³-hybridized carbons (Fsp3) is 0.0556. The SMILES string of the molecule is Cn1c(N=C2C(=O)c3ccccc3C2=C(C#N)C#N)cc2sc3c4sc(N=C5C(=O)c6ccccc6C5=C(C#N)C#N)cc4n(C)c3c21. The Bertz CT molecular complexity index is 2800. The van der Waals surface area contributed by atoms with Crippen molar-refractivity contribution in [2.45, 2.75) is 0 Å². The second-order valence-electron chi connectivity index (χ2n) is 11.0. The maximum Gasteiger partial charge on any atom is 0.212 e. The first kappa shape index (κ1) is 28.8. The monoisotopic (exact) mass is 656 g/mol. The molecule has 0 bridgehead atoms. The van der Waals surface area contributed by atoms with E-state index in [1.54, 1.807) is 59.9 Å². The van der Waals surface area contributed by atoms with Crippen LogP contribution in [0, 0.1) is 45.3 Å². The number of fused-ring (bicyclic) bond motifs is 7. The molecule has 2 aromatic carbocycles. The van der Waals surface area contributed by atoms with Crippen LogP contribution >= 0.6 is 22.7 Å². The number of carbonyl (C=O) groups is 2. The minimum atomic E-state index is -0.342. The lowest BCUT2D eigenvalue weighted by Crippen LogP contribution is -2.08. The molecule has 48 heavy (non-hydrogen) atoms. The van der Waals surface area contributed by atoms with Gasteiger partial charge in [0.05, 0.1) is 30.6 Å². The molecule has 0 N–H and O–H groups in total. The first-order valence-electron chi connectivity index (χ1n) is 14.4. The molecule has 4 heterocycles. The molecule has 0 aliphatic heterocycles. The number of aliphatic imine (C=N–C) groups is 2. The van der Waals surface area contributed by atoms with Crippen molar-refractivity contribution in [3.8, 4) is 24.3 Å². The predicted octanol–water partition coefficient (Wildman–Crippen LogP) is 7.49. The van der Waals surface area contributed by atoms with Crippen molar-refractivity contribution in [1.29, 1.82) is 21.0 Å². The van der Waals surface area contributed by atoms with E-state index in [4.69, 9.17) is 9.98 Å². The van der Waals surface area contributed by atoms with Crippen molar-refractivity contribution >= 4 is 98.3 Å². The fourth-order valence-corrected chi connectivity index (χ4v) is 8.96.